The summed E-state index contributed by atoms with van der Waals surface area (Å²) in [6.07, 6.45) is 12.5. The lowest BCUT2D eigenvalue weighted by atomic mass is 10.0. The van der Waals surface area contributed by atoms with Gasteiger partial charge in [-0.1, -0.05) is 65.2 Å². The number of carbonyl (C=O) groups is 1. The molecule has 1 atom stereocenters. The maximum Gasteiger partial charge on any atom is 0.317 e. The number of carbonyl (C=O) groups excluding carboxylic acids is 1. The molecule has 0 spiro atoms. The van der Waals surface area contributed by atoms with Crippen LogP contribution in [0, 0.1) is 0 Å². The van der Waals surface area contributed by atoms with Gasteiger partial charge in [0.2, 0.25) is 0 Å². The van der Waals surface area contributed by atoms with Crippen molar-refractivity contribution < 1.29 is 9.53 Å². The average molecular weight is 312 g/mol. The third kappa shape index (κ3) is 8.62. The van der Waals surface area contributed by atoms with Crippen molar-refractivity contribution in [1.29, 1.82) is 0 Å². The normalized spacial score (nSPS) is 16.5. The van der Waals surface area contributed by atoms with E-state index in [9.17, 15) is 4.79 Å². The first-order valence-electron chi connectivity index (χ1n) is 9.41. The molecule has 1 saturated heterocycles. The molecule has 2 amide bonds. The minimum absolute atomic E-state index is 0.110. The molecule has 1 aliphatic rings. The number of urea groups is 1. The van der Waals surface area contributed by atoms with E-state index in [1.165, 1.54) is 51.4 Å². The number of rotatable bonds is 11. The molecule has 1 fully saturated rings. The predicted octanol–water partition coefficient (Wildman–Crippen LogP) is 4.34. The van der Waals surface area contributed by atoms with E-state index < -0.39 is 0 Å². The van der Waals surface area contributed by atoms with Gasteiger partial charge in [0.1, 0.15) is 0 Å². The van der Waals surface area contributed by atoms with Crippen LogP contribution in [-0.4, -0.2) is 43.3 Å². The summed E-state index contributed by atoms with van der Waals surface area (Å²) in [6.45, 7) is 7.27. The van der Waals surface area contributed by atoms with Crippen molar-refractivity contribution in [3.63, 3.8) is 0 Å². The summed E-state index contributed by atoms with van der Waals surface area (Å²) < 4.78 is 5.32. The van der Waals surface area contributed by atoms with Crippen LogP contribution in [0.3, 0.4) is 0 Å². The highest BCUT2D eigenvalue weighted by Gasteiger charge is 2.19. The smallest absolute Gasteiger partial charge is 0.317 e. The molecule has 0 aromatic rings. The van der Waals surface area contributed by atoms with Crippen molar-refractivity contribution >= 4 is 6.03 Å². The van der Waals surface area contributed by atoms with Crippen molar-refractivity contribution in [3.8, 4) is 0 Å². The van der Waals surface area contributed by atoms with Crippen LogP contribution in [0.5, 0.6) is 0 Å². The number of amides is 2. The van der Waals surface area contributed by atoms with E-state index in [-0.39, 0.29) is 6.03 Å². The number of unbranched alkanes of at least 4 members (excludes halogenated alkanes) is 6. The summed E-state index contributed by atoms with van der Waals surface area (Å²) in [5.74, 6) is 0. The summed E-state index contributed by atoms with van der Waals surface area (Å²) in [6, 6.07) is 0.460. The van der Waals surface area contributed by atoms with Crippen molar-refractivity contribution in [1.82, 2.24) is 10.2 Å². The fourth-order valence-corrected chi connectivity index (χ4v) is 2.96. The van der Waals surface area contributed by atoms with Gasteiger partial charge in [-0.2, -0.15) is 0 Å². The number of ether oxygens (including phenoxy) is 1. The van der Waals surface area contributed by atoms with Crippen molar-refractivity contribution in [2.45, 2.75) is 84.1 Å². The molecule has 4 nitrogen and oxygen atoms in total. The SMILES string of the molecule is CCCCCCCC(CCCCC)NC(=O)N1CCOCC1. The second-order valence-electron chi connectivity index (χ2n) is 6.44. The van der Waals surface area contributed by atoms with E-state index in [0.29, 0.717) is 19.3 Å². The number of hydrogen-bond donors (Lipinski definition) is 1. The van der Waals surface area contributed by atoms with Gasteiger partial charge in [-0.15, -0.1) is 0 Å². The molecule has 0 bridgehead atoms. The second kappa shape index (κ2) is 12.7. The van der Waals surface area contributed by atoms with Gasteiger partial charge in [-0.05, 0) is 12.8 Å². The maximum atomic E-state index is 12.3. The molecule has 1 unspecified atom stereocenters. The van der Waals surface area contributed by atoms with Crippen LogP contribution in [0.15, 0.2) is 0 Å². The molecular formula is C18H36N2O2. The minimum Gasteiger partial charge on any atom is -0.378 e. The first-order valence-corrected chi connectivity index (χ1v) is 9.41. The van der Waals surface area contributed by atoms with Crippen LogP contribution in [0.4, 0.5) is 4.79 Å². The zero-order chi connectivity index (χ0) is 16.0. The Bertz CT molecular complexity index is 278. The van der Waals surface area contributed by atoms with Gasteiger partial charge in [-0.25, -0.2) is 4.79 Å². The average Bonchev–Trinajstić information content (AvgIpc) is 2.55. The largest absolute Gasteiger partial charge is 0.378 e. The fraction of sp³-hybridized carbons (Fsp3) is 0.944. The summed E-state index contributed by atoms with van der Waals surface area (Å²) in [7, 11) is 0. The van der Waals surface area contributed by atoms with Crippen LogP contribution in [0.25, 0.3) is 0 Å². The van der Waals surface area contributed by atoms with Crippen LogP contribution in [0.1, 0.15) is 78.1 Å². The van der Waals surface area contributed by atoms with E-state index in [1.54, 1.807) is 0 Å². The summed E-state index contributed by atoms with van der Waals surface area (Å²) in [5, 5.41) is 3.27. The number of hydrogen-bond acceptors (Lipinski definition) is 2. The molecule has 0 aromatic carbocycles. The lowest BCUT2D eigenvalue weighted by Gasteiger charge is -2.29. The Morgan fingerprint density at radius 3 is 2.14 bits per heavy atom. The highest BCUT2D eigenvalue weighted by Crippen LogP contribution is 2.13. The zero-order valence-electron chi connectivity index (χ0n) is 14.7. The Hall–Kier alpha value is -0.770. The van der Waals surface area contributed by atoms with Crippen LogP contribution < -0.4 is 5.32 Å². The van der Waals surface area contributed by atoms with E-state index >= 15 is 0 Å². The van der Waals surface area contributed by atoms with Crippen molar-refractivity contribution in [3.05, 3.63) is 0 Å². The molecular weight excluding hydrogens is 276 g/mol. The summed E-state index contributed by atoms with van der Waals surface area (Å²) in [5.41, 5.74) is 0. The Balaban J connectivity index is 2.30. The quantitative estimate of drug-likeness (QED) is 0.577. The highest BCUT2D eigenvalue weighted by molar-refractivity contribution is 5.74. The van der Waals surface area contributed by atoms with Crippen molar-refractivity contribution in [2.75, 3.05) is 26.3 Å². The van der Waals surface area contributed by atoms with Crippen molar-refractivity contribution in [2.24, 2.45) is 0 Å². The van der Waals surface area contributed by atoms with Crippen LogP contribution in [-0.2, 0) is 4.74 Å². The Kier molecular flexibility index (Phi) is 11.2. The Labute approximate surface area is 137 Å². The highest BCUT2D eigenvalue weighted by atomic mass is 16.5. The molecule has 4 heteroatoms. The molecule has 1 heterocycles. The van der Waals surface area contributed by atoms with E-state index in [1.807, 2.05) is 4.90 Å². The zero-order valence-corrected chi connectivity index (χ0v) is 14.7. The van der Waals surface area contributed by atoms with Gasteiger partial charge >= 0.3 is 6.03 Å². The molecule has 22 heavy (non-hydrogen) atoms. The molecule has 1 rings (SSSR count). The molecule has 0 aliphatic carbocycles. The Morgan fingerprint density at radius 2 is 1.50 bits per heavy atom. The van der Waals surface area contributed by atoms with Gasteiger partial charge in [0.25, 0.3) is 0 Å². The molecule has 0 radical (unpaired) electrons. The second-order valence-corrected chi connectivity index (χ2v) is 6.44. The molecule has 130 valence electrons. The lowest BCUT2D eigenvalue weighted by Crippen LogP contribution is -2.49. The summed E-state index contributed by atoms with van der Waals surface area (Å²) >= 11 is 0. The van der Waals surface area contributed by atoms with Gasteiger partial charge in [-0.3, -0.25) is 0 Å². The molecule has 1 N–H and O–H groups in total. The predicted molar refractivity (Wildman–Crippen MR) is 92.2 cm³/mol. The third-order valence-electron chi connectivity index (χ3n) is 4.44. The first kappa shape index (κ1) is 19.3. The van der Waals surface area contributed by atoms with E-state index in [0.717, 1.165) is 25.9 Å². The van der Waals surface area contributed by atoms with E-state index in [4.69, 9.17) is 4.74 Å². The topological polar surface area (TPSA) is 41.6 Å². The van der Waals surface area contributed by atoms with Gasteiger partial charge < -0.3 is 15.0 Å². The van der Waals surface area contributed by atoms with Crippen LogP contribution >= 0.6 is 0 Å². The van der Waals surface area contributed by atoms with Gasteiger partial charge in [0, 0.05) is 19.1 Å². The number of nitrogens with one attached hydrogen (secondary N) is 1. The molecule has 0 aromatic heterocycles. The Morgan fingerprint density at radius 1 is 0.955 bits per heavy atom. The van der Waals surface area contributed by atoms with Gasteiger partial charge in [0.05, 0.1) is 13.2 Å². The number of morpholine rings is 1. The number of nitrogens with zero attached hydrogens (tertiary/aromatic N) is 1. The third-order valence-corrected chi connectivity index (χ3v) is 4.44. The van der Waals surface area contributed by atoms with Crippen LogP contribution in [0.2, 0.25) is 0 Å². The monoisotopic (exact) mass is 312 g/mol. The molecule has 0 saturated carbocycles. The van der Waals surface area contributed by atoms with E-state index in [2.05, 4.69) is 19.2 Å². The summed E-state index contributed by atoms with van der Waals surface area (Å²) in [4.78, 5) is 14.2. The first-order chi connectivity index (χ1) is 10.8. The maximum absolute atomic E-state index is 12.3. The van der Waals surface area contributed by atoms with Gasteiger partial charge in [0.15, 0.2) is 0 Å². The lowest BCUT2D eigenvalue weighted by molar-refractivity contribution is 0.0523. The minimum atomic E-state index is 0.110. The fourth-order valence-electron chi connectivity index (χ4n) is 2.96. The molecule has 1 aliphatic heterocycles. The standard InChI is InChI=1S/C18H36N2O2/c1-3-5-7-8-10-12-17(11-9-6-4-2)19-18(21)20-13-15-22-16-14-20/h17H,3-16H2,1-2H3,(H,19,21).